The first kappa shape index (κ1) is 21.1. The summed E-state index contributed by atoms with van der Waals surface area (Å²) in [5.41, 5.74) is 2.25. The van der Waals surface area contributed by atoms with E-state index in [9.17, 15) is 9.59 Å². The number of H-pyrrole nitrogens is 1. The average molecular weight is 436 g/mol. The number of rotatable bonds is 6. The summed E-state index contributed by atoms with van der Waals surface area (Å²) >= 11 is 1.53. The number of nitrogens with zero attached hydrogens (tertiary/aromatic N) is 2. The molecule has 0 bridgehead atoms. The van der Waals surface area contributed by atoms with Crippen molar-refractivity contribution in [1.29, 1.82) is 0 Å². The largest absolute Gasteiger partial charge is 0.488 e. The fourth-order valence-corrected chi connectivity index (χ4v) is 4.65. The lowest BCUT2D eigenvalue weighted by atomic mass is 10.0. The normalized spacial score (nSPS) is 11.4. The van der Waals surface area contributed by atoms with E-state index in [4.69, 9.17) is 9.72 Å². The van der Waals surface area contributed by atoms with Crippen LogP contribution in [0.2, 0.25) is 0 Å². The Balaban J connectivity index is 1.76. The van der Waals surface area contributed by atoms with Crippen LogP contribution in [0.4, 0.5) is 0 Å². The number of hydrogen-bond donors (Lipinski definition) is 1. The van der Waals surface area contributed by atoms with Gasteiger partial charge < -0.3 is 9.72 Å². The highest BCUT2D eigenvalue weighted by Gasteiger charge is 2.19. The maximum Gasteiger partial charge on any atom is 0.263 e. The molecule has 3 heterocycles. The highest BCUT2D eigenvalue weighted by atomic mass is 32.1. The summed E-state index contributed by atoms with van der Waals surface area (Å²) in [6.07, 6.45) is 1.57. The van der Waals surface area contributed by atoms with E-state index < -0.39 is 0 Å². The Morgan fingerprint density at radius 3 is 2.58 bits per heavy atom. The van der Waals surface area contributed by atoms with Crippen LogP contribution in [-0.2, 0) is 6.54 Å². The zero-order chi connectivity index (χ0) is 22.1. The molecule has 0 aliphatic rings. The molecule has 0 atom stereocenters. The van der Waals surface area contributed by atoms with Crippen LogP contribution in [-0.4, -0.2) is 21.1 Å². The third-order valence-electron chi connectivity index (χ3n) is 5.08. The van der Waals surface area contributed by atoms with E-state index >= 15 is 0 Å². The minimum absolute atomic E-state index is 0.105. The van der Waals surface area contributed by atoms with Crippen LogP contribution in [0.15, 0.2) is 52.2 Å². The summed E-state index contributed by atoms with van der Waals surface area (Å²) < 4.78 is 7.16. The summed E-state index contributed by atoms with van der Waals surface area (Å²) in [6, 6.07) is 11.4. The highest BCUT2D eigenvalue weighted by molar-refractivity contribution is 7.19. The van der Waals surface area contributed by atoms with Crippen LogP contribution in [0.5, 0.6) is 5.75 Å². The van der Waals surface area contributed by atoms with Crippen LogP contribution in [0.1, 0.15) is 30.2 Å². The maximum absolute atomic E-state index is 13.5. The number of aromatic amines is 1. The zero-order valence-corrected chi connectivity index (χ0v) is 18.9. The predicted octanol–water partition coefficient (Wildman–Crippen LogP) is 4.51. The lowest BCUT2D eigenvalue weighted by Gasteiger charge is -2.12. The zero-order valence-electron chi connectivity index (χ0n) is 18.1. The molecule has 0 unspecified atom stereocenters. The third-order valence-corrected chi connectivity index (χ3v) is 6.08. The number of aromatic nitrogens is 3. The fraction of sp³-hybridized carbons (Fsp3) is 0.292. The molecular formula is C24H25N3O3S. The van der Waals surface area contributed by atoms with Crippen molar-refractivity contribution < 1.29 is 4.74 Å². The smallest absolute Gasteiger partial charge is 0.263 e. The van der Waals surface area contributed by atoms with Crippen molar-refractivity contribution in [2.75, 3.05) is 6.61 Å². The molecule has 1 N–H and O–H groups in total. The van der Waals surface area contributed by atoms with Crippen molar-refractivity contribution in [1.82, 2.24) is 14.5 Å². The Bertz CT molecular complexity index is 1350. The number of ether oxygens (including phenoxy) is 1. The fourth-order valence-electron chi connectivity index (χ4n) is 3.57. The molecule has 31 heavy (non-hydrogen) atoms. The van der Waals surface area contributed by atoms with Crippen LogP contribution in [0.3, 0.4) is 0 Å². The molecule has 0 saturated carbocycles. The Morgan fingerprint density at radius 2 is 1.90 bits per heavy atom. The van der Waals surface area contributed by atoms with Gasteiger partial charge in [0.2, 0.25) is 5.43 Å². The number of aryl methyl sites for hydroxylation is 2. The second-order valence-electron chi connectivity index (χ2n) is 8.02. The molecule has 3 aromatic heterocycles. The maximum atomic E-state index is 13.5. The lowest BCUT2D eigenvalue weighted by Crippen LogP contribution is -2.25. The molecule has 0 spiro atoms. The van der Waals surface area contributed by atoms with Gasteiger partial charge in [0.25, 0.3) is 5.56 Å². The first-order valence-electron chi connectivity index (χ1n) is 10.3. The first-order valence-corrected chi connectivity index (χ1v) is 11.1. The summed E-state index contributed by atoms with van der Waals surface area (Å²) in [5.74, 6) is 1.22. The molecule has 7 heteroatoms. The van der Waals surface area contributed by atoms with E-state index in [1.54, 1.807) is 10.8 Å². The molecule has 6 nitrogen and oxygen atoms in total. The Labute approximate surface area is 184 Å². The van der Waals surface area contributed by atoms with Crippen molar-refractivity contribution in [2.45, 2.75) is 34.2 Å². The highest BCUT2D eigenvalue weighted by Crippen LogP contribution is 2.35. The van der Waals surface area contributed by atoms with Gasteiger partial charge in [0.15, 0.2) is 5.75 Å². The van der Waals surface area contributed by atoms with E-state index in [1.165, 1.54) is 17.4 Å². The van der Waals surface area contributed by atoms with Gasteiger partial charge in [0.1, 0.15) is 10.7 Å². The van der Waals surface area contributed by atoms with Gasteiger partial charge in [-0.15, -0.1) is 11.3 Å². The van der Waals surface area contributed by atoms with E-state index in [-0.39, 0.29) is 23.3 Å². The molecule has 0 fully saturated rings. The predicted molar refractivity (Wildman–Crippen MR) is 125 cm³/mol. The molecule has 4 rings (SSSR count). The molecule has 0 aliphatic carbocycles. The number of hydrogen-bond acceptors (Lipinski definition) is 5. The third kappa shape index (κ3) is 4.18. The molecule has 0 amide bonds. The topological polar surface area (TPSA) is 77.0 Å². The van der Waals surface area contributed by atoms with Crippen LogP contribution in [0.25, 0.3) is 21.3 Å². The molecular weight excluding hydrogens is 410 g/mol. The van der Waals surface area contributed by atoms with Crippen LogP contribution >= 0.6 is 11.3 Å². The van der Waals surface area contributed by atoms with E-state index in [2.05, 4.69) is 4.98 Å². The van der Waals surface area contributed by atoms with Gasteiger partial charge in [0, 0.05) is 28.4 Å². The van der Waals surface area contributed by atoms with E-state index in [0.717, 1.165) is 20.8 Å². The number of thiophene rings is 1. The molecule has 4 aromatic rings. The molecule has 0 saturated heterocycles. The molecule has 160 valence electrons. The lowest BCUT2D eigenvalue weighted by molar-refractivity contribution is 0.267. The van der Waals surface area contributed by atoms with E-state index in [1.807, 2.05) is 58.0 Å². The number of nitrogens with one attached hydrogen (secondary N) is 1. The van der Waals surface area contributed by atoms with Crippen molar-refractivity contribution in [2.24, 2.45) is 5.92 Å². The number of fused-ring (bicyclic) bond motifs is 1. The number of pyridine rings is 1. The number of benzene rings is 1. The van der Waals surface area contributed by atoms with Gasteiger partial charge in [0.05, 0.1) is 18.5 Å². The standard InChI is InChI=1S/C24H25N3O3S/c1-14(2)13-30-20-11-25-18(10-19(20)28)12-27-16(4)26-23-22(24(27)29)21(15(3)31-23)17-8-6-5-7-9-17/h5-11,14H,12-13H2,1-4H3,(H,25,28). The van der Waals surface area contributed by atoms with Crippen molar-refractivity contribution in [3.05, 3.63) is 79.6 Å². The molecule has 0 radical (unpaired) electrons. The second-order valence-corrected chi connectivity index (χ2v) is 9.22. The minimum Gasteiger partial charge on any atom is -0.488 e. The second kappa shape index (κ2) is 8.51. The first-order chi connectivity index (χ1) is 14.8. The summed E-state index contributed by atoms with van der Waals surface area (Å²) in [4.78, 5) is 35.5. The summed E-state index contributed by atoms with van der Waals surface area (Å²) in [7, 11) is 0. The summed E-state index contributed by atoms with van der Waals surface area (Å²) in [5, 5.41) is 0.624. The minimum atomic E-state index is -0.203. The SMILES string of the molecule is Cc1sc2nc(C)n(Cc3cc(=O)c(OCC(C)C)c[nH]3)c(=O)c2c1-c1ccccc1. The quantitative estimate of drug-likeness (QED) is 0.483. The van der Waals surface area contributed by atoms with Gasteiger partial charge in [-0.25, -0.2) is 4.98 Å². The Hall–Kier alpha value is -3.19. The van der Waals surface area contributed by atoms with Gasteiger partial charge in [-0.2, -0.15) is 0 Å². The van der Waals surface area contributed by atoms with E-state index in [0.29, 0.717) is 29.4 Å². The van der Waals surface area contributed by atoms with Crippen LogP contribution < -0.4 is 15.7 Å². The van der Waals surface area contributed by atoms with Crippen molar-refractivity contribution in [3.63, 3.8) is 0 Å². The van der Waals surface area contributed by atoms with Crippen LogP contribution in [0, 0.1) is 19.8 Å². The Kier molecular flexibility index (Phi) is 5.78. The summed E-state index contributed by atoms with van der Waals surface area (Å²) in [6.45, 7) is 8.59. The average Bonchev–Trinajstić information content (AvgIpc) is 3.06. The van der Waals surface area contributed by atoms with Crippen molar-refractivity contribution in [3.8, 4) is 16.9 Å². The van der Waals surface area contributed by atoms with Gasteiger partial charge in [-0.05, 0) is 25.3 Å². The monoisotopic (exact) mass is 435 g/mol. The van der Waals surface area contributed by atoms with Gasteiger partial charge in [-0.3, -0.25) is 14.2 Å². The molecule has 0 aliphatic heterocycles. The molecule has 1 aromatic carbocycles. The van der Waals surface area contributed by atoms with Crippen molar-refractivity contribution >= 4 is 21.6 Å². The van der Waals surface area contributed by atoms with Gasteiger partial charge in [-0.1, -0.05) is 44.2 Å². The Morgan fingerprint density at radius 1 is 1.16 bits per heavy atom. The van der Waals surface area contributed by atoms with Gasteiger partial charge >= 0.3 is 0 Å².